The Kier molecular flexibility index (Phi) is 3.86. The Morgan fingerprint density at radius 3 is 2.63 bits per heavy atom. The van der Waals surface area contributed by atoms with Crippen molar-refractivity contribution in [1.29, 1.82) is 0 Å². The van der Waals surface area contributed by atoms with Crippen molar-refractivity contribution in [1.82, 2.24) is 0 Å². The van der Waals surface area contributed by atoms with Crippen LogP contribution in [-0.2, 0) is 0 Å². The molecule has 2 aromatic carbocycles. The van der Waals surface area contributed by atoms with Gasteiger partial charge in [0.2, 0.25) is 0 Å². The number of carbonyl (C=O) groups excluding carboxylic acids is 1. The Balaban J connectivity index is 2.53. The number of benzene rings is 2. The van der Waals surface area contributed by atoms with Gasteiger partial charge in [0.1, 0.15) is 5.75 Å². The molecule has 4 heteroatoms. The van der Waals surface area contributed by atoms with E-state index in [0.29, 0.717) is 11.3 Å². The number of carbonyl (C=O) groups is 1. The fraction of sp³-hybridized carbons (Fsp3) is 0.133. The van der Waals surface area contributed by atoms with Gasteiger partial charge in [-0.3, -0.25) is 4.79 Å². The third-order valence-corrected chi connectivity index (χ3v) is 3.09. The zero-order valence-electron chi connectivity index (χ0n) is 10.5. The molecule has 0 aromatic heterocycles. The van der Waals surface area contributed by atoms with Crippen LogP contribution in [0.1, 0.15) is 21.5 Å². The van der Waals surface area contributed by atoms with E-state index in [2.05, 4.69) is 0 Å². The summed E-state index contributed by atoms with van der Waals surface area (Å²) in [6.07, 6.45) is 0. The number of methoxy groups -OCH3 is 1. The van der Waals surface area contributed by atoms with E-state index in [0.717, 1.165) is 5.56 Å². The number of halogens is 2. The largest absolute Gasteiger partial charge is 0.496 e. The second-order valence-corrected chi connectivity index (χ2v) is 4.54. The van der Waals surface area contributed by atoms with Crippen LogP contribution >= 0.6 is 11.6 Å². The fourth-order valence-corrected chi connectivity index (χ4v) is 1.98. The van der Waals surface area contributed by atoms with Crippen LogP contribution in [0.3, 0.4) is 0 Å². The lowest BCUT2D eigenvalue weighted by molar-refractivity contribution is 0.103. The zero-order chi connectivity index (χ0) is 14.0. The predicted molar refractivity (Wildman–Crippen MR) is 72.6 cm³/mol. The molecule has 0 N–H and O–H groups in total. The molecule has 0 amide bonds. The van der Waals surface area contributed by atoms with E-state index in [1.54, 1.807) is 24.3 Å². The topological polar surface area (TPSA) is 26.3 Å². The lowest BCUT2D eigenvalue weighted by atomic mass is 10.0. The molecule has 19 heavy (non-hydrogen) atoms. The van der Waals surface area contributed by atoms with Gasteiger partial charge in [-0.25, -0.2) is 4.39 Å². The van der Waals surface area contributed by atoms with Gasteiger partial charge in [-0.2, -0.15) is 0 Å². The average Bonchev–Trinajstić information content (AvgIpc) is 2.41. The smallest absolute Gasteiger partial charge is 0.199 e. The fourth-order valence-electron chi connectivity index (χ4n) is 1.81. The van der Waals surface area contributed by atoms with Crippen LogP contribution in [0.15, 0.2) is 36.4 Å². The monoisotopic (exact) mass is 278 g/mol. The molecule has 98 valence electrons. The highest BCUT2D eigenvalue weighted by Gasteiger charge is 2.19. The molecule has 2 aromatic rings. The molecule has 0 radical (unpaired) electrons. The van der Waals surface area contributed by atoms with Gasteiger partial charge < -0.3 is 4.74 Å². The molecule has 2 nitrogen and oxygen atoms in total. The number of rotatable bonds is 3. The minimum Gasteiger partial charge on any atom is -0.496 e. The van der Waals surface area contributed by atoms with E-state index in [1.165, 1.54) is 19.2 Å². The SMILES string of the molecule is COc1cc(C)ccc1C(=O)c1cccc(Cl)c1F. The van der Waals surface area contributed by atoms with Crippen molar-refractivity contribution in [3.05, 3.63) is 63.9 Å². The third kappa shape index (κ3) is 2.61. The molecule has 0 aliphatic carbocycles. The summed E-state index contributed by atoms with van der Waals surface area (Å²) >= 11 is 5.69. The standard InChI is InChI=1S/C15H12ClFO2/c1-9-6-7-10(13(8-9)19-2)15(18)11-4-3-5-12(16)14(11)17/h3-8H,1-2H3. The van der Waals surface area contributed by atoms with Gasteiger partial charge in [0.15, 0.2) is 11.6 Å². The summed E-state index contributed by atoms with van der Waals surface area (Å²) in [5.74, 6) is -0.738. The van der Waals surface area contributed by atoms with Crippen LogP contribution in [-0.4, -0.2) is 12.9 Å². The zero-order valence-corrected chi connectivity index (χ0v) is 11.3. The third-order valence-electron chi connectivity index (χ3n) is 2.80. The summed E-state index contributed by atoms with van der Waals surface area (Å²) in [5, 5.41) is -0.0723. The maximum absolute atomic E-state index is 13.9. The van der Waals surface area contributed by atoms with Crippen LogP contribution in [0.5, 0.6) is 5.75 Å². The van der Waals surface area contributed by atoms with Gasteiger partial charge in [0.05, 0.1) is 23.3 Å². The summed E-state index contributed by atoms with van der Waals surface area (Å²) in [6.45, 7) is 1.89. The molecule has 0 bridgehead atoms. The van der Waals surface area contributed by atoms with Crippen molar-refractivity contribution in [2.45, 2.75) is 6.92 Å². The molecule has 0 saturated carbocycles. The van der Waals surface area contributed by atoms with Crippen molar-refractivity contribution < 1.29 is 13.9 Å². The Labute approximate surface area is 115 Å². The van der Waals surface area contributed by atoms with Crippen molar-refractivity contribution in [3.63, 3.8) is 0 Å². The minimum absolute atomic E-state index is 0.0605. The Morgan fingerprint density at radius 2 is 1.95 bits per heavy atom. The highest BCUT2D eigenvalue weighted by atomic mass is 35.5. The van der Waals surface area contributed by atoms with E-state index >= 15 is 0 Å². The number of hydrogen-bond donors (Lipinski definition) is 0. The van der Waals surface area contributed by atoms with E-state index in [9.17, 15) is 9.18 Å². The van der Waals surface area contributed by atoms with Crippen molar-refractivity contribution >= 4 is 17.4 Å². The van der Waals surface area contributed by atoms with Crippen LogP contribution in [0.4, 0.5) is 4.39 Å². The van der Waals surface area contributed by atoms with E-state index in [4.69, 9.17) is 16.3 Å². The Bertz CT molecular complexity index is 638. The summed E-state index contributed by atoms with van der Waals surface area (Å²) in [7, 11) is 1.47. The van der Waals surface area contributed by atoms with Crippen LogP contribution < -0.4 is 4.74 Å². The van der Waals surface area contributed by atoms with Crippen LogP contribution in [0.25, 0.3) is 0 Å². The molecule has 0 fully saturated rings. The molecule has 0 aliphatic rings. The first kappa shape index (κ1) is 13.6. The summed E-state index contributed by atoms with van der Waals surface area (Å²) in [6, 6.07) is 9.48. The molecule has 0 spiro atoms. The van der Waals surface area contributed by atoms with E-state index < -0.39 is 11.6 Å². The first-order valence-electron chi connectivity index (χ1n) is 5.68. The summed E-state index contributed by atoms with van der Waals surface area (Å²) < 4.78 is 19.0. The molecule has 0 saturated heterocycles. The molecular formula is C15H12ClFO2. The quantitative estimate of drug-likeness (QED) is 0.793. The van der Waals surface area contributed by atoms with E-state index in [-0.39, 0.29) is 10.6 Å². The number of aryl methyl sites for hydroxylation is 1. The second-order valence-electron chi connectivity index (χ2n) is 4.13. The predicted octanol–water partition coefficient (Wildman–Crippen LogP) is 4.03. The van der Waals surface area contributed by atoms with Crippen LogP contribution in [0, 0.1) is 12.7 Å². The number of ether oxygens (including phenoxy) is 1. The van der Waals surface area contributed by atoms with Crippen molar-refractivity contribution in [3.8, 4) is 5.75 Å². The minimum atomic E-state index is -0.711. The highest BCUT2D eigenvalue weighted by molar-refractivity contribution is 6.31. The van der Waals surface area contributed by atoms with Gasteiger partial charge in [0, 0.05) is 0 Å². The maximum atomic E-state index is 13.9. The van der Waals surface area contributed by atoms with Gasteiger partial charge >= 0.3 is 0 Å². The number of hydrogen-bond acceptors (Lipinski definition) is 2. The van der Waals surface area contributed by atoms with Crippen LogP contribution in [0.2, 0.25) is 5.02 Å². The molecule has 2 rings (SSSR count). The first-order valence-corrected chi connectivity index (χ1v) is 6.05. The molecule has 0 heterocycles. The second kappa shape index (κ2) is 5.41. The normalized spacial score (nSPS) is 10.3. The maximum Gasteiger partial charge on any atom is 0.199 e. The van der Waals surface area contributed by atoms with Crippen molar-refractivity contribution in [2.75, 3.05) is 7.11 Å². The lowest BCUT2D eigenvalue weighted by Crippen LogP contribution is -2.06. The molecule has 0 atom stereocenters. The van der Waals surface area contributed by atoms with E-state index in [1.807, 2.05) is 6.92 Å². The average molecular weight is 279 g/mol. The highest BCUT2D eigenvalue weighted by Crippen LogP contribution is 2.26. The van der Waals surface area contributed by atoms with Crippen molar-refractivity contribution in [2.24, 2.45) is 0 Å². The van der Waals surface area contributed by atoms with Gasteiger partial charge in [0.25, 0.3) is 0 Å². The van der Waals surface area contributed by atoms with Gasteiger partial charge in [-0.1, -0.05) is 23.7 Å². The molecule has 0 unspecified atom stereocenters. The molecular weight excluding hydrogens is 267 g/mol. The Hall–Kier alpha value is -1.87. The molecule has 0 aliphatic heterocycles. The Morgan fingerprint density at radius 1 is 1.21 bits per heavy atom. The lowest BCUT2D eigenvalue weighted by Gasteiger charge is -2.09. The summed E-state index contributed by atoms with van der Waals surface area (Å²) in [5.41, 5.74) is 1.21. The number of ketones is 1. The van der Waals surface area contributed by atoms with Gasteiger partial charge in [-0.05, 0) is 36.8 Å². The summed E-state index contributed by atoms with van der Waals surface area (Å²) in [4.78, 5) is 12.3. The van der Waals surface area contributed by atoms with Gasteiger partial charge in [-0.15, -0.1) is 0 Å². The first-order chi connectivity index (χ1) is 9.04.